The summed E-state index contributed by atoms with van der Waals surface area (Å²) in [6, 6.07) is 3.65. The summed E-state index contributed by atoms with van der Waals surface area (Å²) in [4.78, 5) is 15.3. The Kier molecular flexibility index (Phi) is 3.39. The molecule has 1 saturated carbocycles. The summed E-state index contributed by atoms with van der Waals surface area (Å²) in [7, 11) is 0. The van der Waals surface area contributed by atoms with Crippen molar-refractivity contribution in [3.8, 4) is 5.75 Å². The van der Waals surface area contributed by atoms with E-state index in [1.165, 1.54) is 0 Å². The van der Waals surface area contributed by atoms with E-state index in [4.69, 9.17) is 9.47 Å². The quantitative estimate of drug-likeness (QED) is 0.710. The maximum absolute atomic E-state index is 11.2. The Balaban J connectivity index is 1.87. The van der Waals surface area contributed by atoms with Crippen molar-refractivity contribution in [1.82, 2.24) is 4.98 Å². The highest BCUT2D eigenvalue weighted by Gasteiger charge is 2.23. The van der Waals surface area contributed by atoms with Crippen molar-refractivity contribution in [2.75, 3.05) is 6.61 Å². The van der Waals surface area contributed by atoms with Crippen LogP contribution in [0.25, 0.3) is 0 Å². The zero-order valence-corrected chi connectivity index (χ0v) is 9.31. The number of aromatic nitrogens is 1. The maximum Gasteiger partial charge on any atom is 0.311 e. The second kappa shape index (κ2) is 4.96. The number of rotatable bonds is 5. The molecule has 0 N–H and O–H groups in total. The minimum Gasteiger partial charge on any atom is -0.489 e. The van der Waals surface area contributed by atoms with Crippen LogP contribution in [0.15, 0.2) is 18.3 Å². The molecule has 0 spiro atoms. The number of carbonyl (C=O) groups excluding carboxylic acids is 1. The molecule has 1 aliphatic rings. The molecule has 4 nitrogen and oxygen atoms in total. The highest BCUT2D eigenvalue weighted by molar-refractivity contribution is 5.71. The molecule has 1 aliphatic carbocycles. The number of carbonyl (C=O) groups is 1. The van der Waals surface area contributed by atoms with E-state index in [9.17, 15) is 4.79 Å². The first kappa shape index (κ1) is 10.9. The number of esters is 1. The van der Waals surface area contributed by atoms with Gasteiger partial charge < -0.3 is 9.47 Å². The summed E-state index contributed by atoms with van der Waals surface area (Å²) in [5.74, 6) is 0.529. The van der Waals surface area contributed by atoms with Gasteiger partial charge in [0, 0.05) is 0 Å². The predicted molar refractivity (Wildman–Crippen MR) is 58.2 cm³/mol. The zero-order valence-electron chi connectivity index (χ0n) is 9.31. The highest BCUT2D eigenvalue weighted by atomic mass is 16.5. The maximum atomic E-state index is 11.2. The molecule has 0 aromatic carbocycles. The van der Waals surface area contributed by atoms with Gasteiger partial charge in [0.05, 0.1) is 31.0 Å². The van der Waals surface area contributed by atoms with Gasteiger partial charge in [-0.1, -0.05) is 0 Å². The lowest BCUT2D eigenvalue weighted by atomic mass is 10.3. The molecular weight excluding hydrogens is 206 g/mol. The third-order valence-electron chi connectivity index (χ3n) is 2.26. The van der Waals surface area contributed by atoms with Crippen LogP contribution in [0.5, 0.6) is 5.75 Å². The normalized spacial score (nSPS) is 14.6. The fourth-order valence-electron chi connectivity index (χ4n) is 1.32. The molecule has 1 fully saturated rings. The Morgan fingerprint density at radius 2 is 2.31 bits per heavy atom. The SMILES string of the molecule is CCOC(=O)Cc1ccc(OC2CC2)cn1. The molecule has 1 heterocycles. The topological polar surface area (TPSA) is 48.4 Å². The van der Waals surface area contributed by atoms with Crippen molar-refractivity contribution in [3.63, 3.8) is 0 Å². The lowest BCUT2D eigenvalue weighted by Crippen LogP contribution is -2.08. The van der Waals surface area contributed by atoms with Crippen molar-refractivity contribution < 1.29 is 14.3 Å². The van der Waals surface area contributed by atoms with Crippen molar-refractivity contribution in [2.24, 2.45) is 0 Å². The van der Waals surface area contributed by atoms with E-state index in [1.54, 1.807) is 19.2 Å². The van der Waals surface area contributed by atoms with E-state index in [2.05, 4.69) is 4.98 Å². The first-order valence-electron chi connectivity index (χ1n) is 5.55. The molecule has 0 bridgehead atoms. The third-order valence-corrected chi connectivity index (χ3v) is 2.26. The second-order valence-corrected chi connectivity index (χ2v) is 3.78. The van der Waals surface area contributed by atoms with E-state index in [-0.39, 0.29) is 12.4 Å². The van der Waals surface area contributed by atoms with Crippen molar-refractivity contribution >= 4 is 5.97 Å². The standard InChI is InChI=1S/C12H15NO3/c1-2-15-12(14)7-9-3-4-11(8-13-9)16-10-5-6-10/h3-4,8,10H,2,5-7H2,1H3. The molecule has 1 aromatic heterocycles. The van der Waals surface area contributed by atoms with Crippen LogP contribution < -0.4 is 4.74 Å². The first-order chi connectivity index (χ1) is 7.78. The summed E-state index contributed by atoms with van der Waals surface area (Å²) in [5, 5.41) is 0. The minimum absolute atomic E-state index is 0.220. The van der Waals surface area contributed by atoms with Crippen LogP contribution in [0.4, 0.5) is 0 Å². The lowest BCUT2D eigenvalue weighted by molar-refractivity contribution is -0.142. The average Bonchev–Trinajstić information content (AvgIpc) is 3.05. The van der Waals surface area contributed by atoms with Crippen molar-refractivity contribution in [3.05, 3.63) is 24.0 Å². The summed E-state index contributed by atoms with van der Waals surface area (Å²) < 4.78 is 10.4. The van der Waals surface area contributed by atoms with Gasteiger partial charge in [-0.15, -0.1) is 0 Å². The van der Waals surface area contributed by atoms with Gasteiger partial charge in [0.1, 0.15) is 5.75 Å². The first-order valence-corrected chi connectivity index (χ1v) is 5.55. The molecule has 0 atom stereocenters. The third kappa shape index (κ3) is 3.22. The molecule has 2 rings (SSSR count). The molecule has 0 radical (unpaired) electrons. The van der Waals surface area contributed by atoms with Crippen molar-refractivity contribution in [2.45, 2.75) is 32.3 Å². The van der Waals surface area contributed by atoms with Gasteiger partial charge in [0.2, 0.25) is 0 Å². The van der Waals surface area contributed by atoms with Crippen LogP contribution in [0.1, 0.15) is 25.5 Å². The molecule has 0 amide bonds. The largest absolute Gasteiger partial charge is 0.489 e. The van der Waals surface area contributed by atoms with E-state index in [0.717, 1.165) is 18.6 Å². The summed E-state index contributed by atoms with van der Waals surface area (Å²) >= 11 is 0. The summed E-state index contributed by atoms with van der Waals surface area (Å²) in [5.41, 5.74) is 0.710. The van der Waals surface area contributed by atoms with Gasteiger partial charge in [-0.05, 0) is 31.9 Å². The Morgan fingerprint density at radius 1 is 1.50 bits per heavy atom. The number of hydrogen-bond donors (Lipinski definition) is 0. The summed E-state index contributed by atoms with van der Waals surface area (Å²) in [6.07, 6.45) is 4.51. The van der Waals surface area contributed by atoms with Crippen LogP contribution in [0, 0.1) is 0 Å². The fourth-order valence-corrected chi connectivity index (χ4v) is 1.32. The van der Waals surface area contributed by atoms with Crippen LogP contribution in [-0.2, 0) is 16.0 Å². The van der Waals surface area contributed by atoms with Gasteiger partial charge in [0.25, 0.3) is 0 Å². The van der Waals surface area contributed by atoms with Crippen LogP contribution >= 0.6 is 0 Å². The molecule has 0 saturated heterocycles. The smallest absolute Gasteiger partial charge is 0.311 e. The molecule has 1 aromatic rings. The van der Waals surface area contributed by atoms with Gasteiger partial charge in [-0.3, -0.25) is 9.78 Å². The van der Waals surface area contributed by atoms with Gasteiger partial charge in [-0.25, -0.2) is 0 Å². The number of ether oxygens (including phenoxy) is 2. The van der Waals surface area contributed by atoms with Gasteiger partial charge in [-0.2, -0.15) is 0 Å². The molecule has 0 aliphatic heterocycles. The summed E-state index contributed by atoms with van der Waals surface area (Å²) in [6.45, 7) is 2.19. The van der Waals surface area contributed by atoms with Crippen molar-refractivity contribution in [1.29, 1.82) is 0 Å². The Bertz CT molecular complexity index is 357. The van der Waals surface area contributed by atoms with Crippen LogP contribution in [0.3, 0.4) is 0 Å². The van der Waals surface area contributed by atoms with Crippen LogP contribution in [0.2, 0.25) is 0 Å². The molecule has 16 heavy (non-hydrogen) atoms. The van der Waals surface area contributed by atoms with E-state index in [0.29, 0.717) is 18.4 Å². The van der Waals surface area contributed by atoms with E-state index in [1.807, 2.05) is 6.07 Å². The second-order valence-electron chi connectivity index (χ2n) is 3.78. The molecular formula is C12H15NO3. The molecule has 86 valence electrons. The van der Waals surface area contributed by atoms with Gasteiger partial charge >= 0.3 is 5.97 Å². The Labute approximate surface area is 94.6 Å². The average molecular weight is 221 g/mol. The highest BCUT2D eigenvalue weighted by Crippen LogP contribution is 2.26. The number of pyridine rings is 1. The fraction of sp³-hybridized carbons (Fsp3) is 0.500. The minimum atomic E-state index is -0.245. The van der Waals surface area contributed by atoms with Crippen LogP contribution in [-0.4, -0.2) is 23.7 Å². The zero-order chi connectivity index (χ0) is 11.4. The predicted octanol–water partition coefficient (Wildman–Crippen LogP) is 1.73. The monoisotopic (exact) mass is 221 g/mol. The Hall–Kier alpha value is -1.58. The van der Waals surface area contributed by atoms with E-state index < -0.39 is 0 Å². The van der Waals surface area contributed by atoms with Gasteiger partial charge in [0.15, 0.2) is 0 Å². The lowest BCUT2D eigenvalue weighted by Gasteiger charge is -2.05. The Morgan fingerprint density at radius 3 is 2.88 bits per heavy atom. The van der Waals surface area contributed by atoms with E-state index >= 15 is 0 Å². The number of nitrogens with zero attached hydrogens (tertiary/aromatic N) is 1. The number of hydrogen-bond acceptors (Lipinski definition) is 4. The molecule has 4 heteroatoms. The molecule has 0 unspecified atom stereocenters.